The van der Waals surface area contributed by atoms with E-state index in [0.29, 0.717) is 0 Å². The molecule has 0 heterocycles. The molecule has 0 saturated heterocycles. The molecule has 23 heavy (non-hydrogen) atoms. The van der Waals surface area contributed by atoms with Crippen LogP contribution in [-0.4, -0.2) is 87.2 Å². The molecule has 128 valence electrons. The third-order valence-corrected chi connectivity index (χ3v) is 2.59. The Bertz CT molecular complexity index is 596. The molecular weight excluding hydrogens is 380 g/mol. The Balaban J connectivity index is -0.000000333. The Morgan fingerprint density at radius 3 is 1.17 bits per heavy atom. The van der Waals surface area contributed by atoms with Crippen molar-refractivity contribution < 1.29 is 35.5 Å². The summed E-state index contributed by atoms with van der Waals surface area (Å²) in [5, 5.41) is 3.77. The molecule has 0 spiro atoms. The van der Waals surface area contributed by atoms with Crippen LogP contribution in [0.25, 0.3) is 0 Å². The molecule has 0 saturated carbocycles. The molecule has 0 aromatic rings. The zero-order chi connectivity index (χ0) is 18.1. The minimum absolute atomic E-state index is 0. The summed E-state index contributed by atoms with van der Waals surface area (Å²) < 4.78 is 59.8. The van der Waals surface area contributed by atoms with Crippen LogP contribution in [-0.2, 0) is 29.8 Å². The molecule has 0 aliphatic carbocycles. The number of hydrogen-bond donors (Lipinski definition) is 2. The van der Waals surface area contributed by atoms with E-state index in [0.717, 1.165) is 0 Å². The summed E-state index contributed by atoms with van der Waals surface area (Å²) in [6.45, 7) is 9.31. The first-order chi connectivity index (χ1) is 9.65. The van der Waals surface area contributed by atoms with Gasteiger partial charge in [0, 0.05) is 11.1 Å². The third-order valence-electron chi connectivity index (χ3n) is 1.59. The molecule has 2 amide bonds. The van der Waals surface area contributed by atoms with Crippen molar-refractivity contribution in [2.75, 3.05) is 11.8 Å². The molecule has 13 heteroatoms. The summed E-state index contributed by atoms with van der Waals surface area (Å²) in [4.78, 5) is 21.2. The first-order valence-corrected chi connectivity index (χ1v) is 8.55. The molecule has 0 bridgehead atoms. The first-order valence-electron chi connectivity index (χ1n) is 5.40. The zero-order valence-corrected chi connectivity index (χ0v) is 16.5. The summed E-state index contributed by atoms with van der Waals surface area (Å²) >= 11 is 0. The van der Waals surface area contributed by atoms with Crippen molar-refractivity contribution in [2.45, 2.75) is 13.8 Å². The van der Waals surface area contributed by atoms with Gasteiger partial charge < -0.3 is 19.7 Å². The van der Waals surface area contributed by atoms with Crippen LogP contribution in [0.2, 0.25) is 0 Å². The zero-order valence-electron chi connectivity index (χ0n) is 12.6. The smallest absolute Gasteiger partial charge is 0.747 e. The fourth-order valence-corrected chi connectivity index (χ4v) is 1.23. The minimum Gasteiger partial charge on any atom is -0.747 e. The van der Waals surface area contributed by atoms with E-state index < -0.39 is 43.8 Å². The Kier molecular flexibility index (Phi) is 14.2. The van der Waals surface area contributed by atoms with Gasteiger partial charge in [-0.15, -0.1) is 0 Å². The van der Waals surface area contributed by atoms with E-state index in [1.807, 2.05) is 10.6 Å². The Hall–Kier alpha value is -0.500. The first kappa shape index (κ1) is 27.4. The standard InChI is InChI=1S/2C5H9NO4S.Ca/c2*1-4(2)5(7)6-3-11(8,9)10;/h2*1,3H2,2H3,(H,6,7)(H,8,9,10);/q;;+2/p-2. The minimum atomic E-state index is -4.38. The molecule has 2 N–H and O–H groups in total. The molecule has 0 radical (unpaired) electrons. The van der Waals surface area contributed by atoms with Crippen LogP contribution in [0.5, 0.6) is 0 Å². The topological polar surface area (TPSA) is 173 Å². The SMILES string of the molecule is C=C(C)C(=O)NCS(=O)(=O)[O-].C=C(C)C(=O)NCS(=O)(=O)[O-].[Ca+2]. The number of nitrogens with one attached hydrogen (secondary N) is 2. The summed E-state index contributed by atoms with van der Waals surface area (Å²) in [7, 11) is -8.75. The Morgan fingerprint density at radius 1 is 0.826 bits per heavy atom. The van der Waals surface area contributed by atoms with Gasteiger partial charge in [0.2, 0.25) is 11.8 Å². The molecule has 0 aliphatic heterocycles. The van der Waals surface area contributed by atoms with E-state index in [1.54, 1.807) is 0 Å². The van der Waals surface area contributed by atoms with Crippen molar-refractivity contribution in [1.29, 1.82) is 0 Å². The van der Waals surface area contributed by atoms with Gasteiger partial charge in [-0.3, -0.25) is 9.59 Å². The molecule has 10 nitrogen and oxygen atoms in total. The number of carbonyl (C=O) groups excluding carboxylic acids is 2. The maximum atomic E-state index is 10.6. The average Bonchev–Trinajstić information content (AvgIpc) is 2.31. The van der Waals surface area contributed by atoms with Crippen molar-refractivity contribution in [2.24, 2.45) is 0 Å². The molecule has 0 unspecified atom stereocenters. The van der Waals surface area contributed by atoms with Crippen molar-refractivity contribution >= 4 is 69.8 Å². The second-order valence-corrected chi connectivity index (χ2v) is 6.78. The second-order valence-electron chi connectivity index (χ2n) is 3.98. The molecule has 0 aliphatic rings. The predicted octanol–water partition coefficient (Wildman–Crippen LogP) is -2.02. The maximum Gasteiger partial charge on any atom is 2.00 e. The van der Waals surface area contributed by atoms with Crippen molar-refractivity contribution in [3.63, 3.8) is 0 Å². The largest absolute Gasteiger partial charge is 2.00 e. The van der Waals surface area contributed by atoms with Gasteiger partial charge in [-0.2, -0.15) is 0 Å². The van der Waals surface area contributed by atoms with E-state index in [2.05, 4.69) is 13.2 Å². The normalized spacial score (nSPS) is 10.3. The monoisotopic (exact) mass is 396 g/mol. The van der Waals surface area contributed by atoms with Crippen LogP contribution >= 0.6 is 0 Å². The third kappa shape index (κ3) is 21.5. The van der Waals surface area contributed by atoms with Crippen LogP contribution in [0.1, 0.15) is 13.8 Å². The van der Waals surface area contributed by atoms with Gasteiger partial charge >= 0.3 is 37.7 Å². The van der Waals surface area contributed by atoms with Gasteiger partial charge in [0.15, 0.2) is 0 Å². The number of carbonyl (C=O) groups is 2. The quantitative estimate of drug-likeness (QED) is 0.294. The molecule has 0 aromatic carbocycles. The Labute approximate surface area is 164 Å². The molecule has 0 fully saturated rings. The van der Waals surface area contributed by atoms with Crippen LogP contribution < -0.4 is 10.6 Å². The molecule has 0 aromatic heterocycles. The van der Waals surface area contributed by atoms with E-state index >= 15 is 0 Å². The van der Waals surface area contributed by atoms with Crippen LogP contribution in [0.3, 0.4) is 0 Å². The van der Waals surface area contributed by atoms with Gasteiger partial charge in [0.25, 0.3) is 0 Å². The molecule has 0 rings (SSSR count). The number of hydrogen-bond acceptors (Lipinski definition) is 8. The van der Waals surface area contributed by atoms with Gasteiger partial charge in [-0.1, -0.05) is 13.2 Å². The second kappa shape index (κ2) is 11.9. The van der Waals surface area contributed by atoms with Crippen LogP contribution in [0.15, 0.2) is 24.3 Å². The van der Waals surface area contributed by atoms with Crippen molar-refractivity contribution in [1.82, 2.24) is 10.6 Å². The van der Waals surface area contributed by atoms with E-state index in [-0.39, 0.29) is 48.9 Å². The van der Waals surface area contributed by atoms with Crippen molar-refractivity contribution in [3.05, 3.63) is 24.3 Å². The van der Waals surface area contributed by atoms with Crippen LogP contribution in [0, 0.1) is 0 Å². The Morgan fingerprint density at radius 2 is 1.04 bits per heavy atom. The molecular formula is C10H16CaN2O8S2. The van der Waals surface area contributed by atoms with Gasteiger partial charge in [-0.25, -0.2) is 16.8 Å². The van der Waals surface area contributed by atoms with E-state index in [1.165, 1.54) is 13.8 Å². The van der Waals surface area contributed by atoms with Gasteiger partial charge in [0.1, 0.15) is 32.0 Å². The summed E-state index contributed by atoms with van der Waals surface area (Å²) in [6.07, 6.45) is 0. The summed E-state index contributed by atoms with van der Waals surface area (Å²) in [5.41, 5.74) is 0.322. The number of rotatable bonds is 6. The van der Waals surface area contributed by atoms with Gasteiger partial charge in [-0.05, 0) is 13.8 Å². The number of amides is 2. The van der Waals surface area contributed by atoms with E-state index in [9.17, 15) is 35.5 Å². The van der Waals surface area contributed by atoms with Gasteiger partial charge in [0.05, 0.1) is 0 Å². The van der Waals surface area contributed by atoms with Crippen molar-refractivity contribution in [3.8, 4) is 0 Å². The fourth-order valence-electron chi connectivity index (χ4n) is 0.610. The molecule has 0 atom stereocenters. The maximum absolute atomic E-state index is 10.6. The summed E-state index contributed by atoms with van der Waals surface area (Å²) in [6, 6.07) is 0. The average molecular weight is 396 g/mol. The van der Waals surface area contributed by atoms with E-state index in [4.69, 9.17) is 0 Å². The van der Waals surface area contributed by atoms with Crippen LogP contribution in [0.4, 0.5) is 0 Å². The fraction of sp³-hybridized carbons (Fsp3) is 0.400. The summed E-state index contributed by atoms with van der Waals surface area (Å²) in [5.74, 6) is -3.05. The predicted molar refractivity (Wildman–Crippen MR) is 80.8 cm³/mol.